The highest BCUT2D eigenvalue weighted by atomic mass is 32.3. The lowest BCUT2D eigenvalue weighted by Gasteiger charge is -1.95. The molecule has 0 aromatic rings. The van der Waals surface area contributed by atoms with Gasteiger partial charge in [0.25, 0.3) is 0 Å². The molecule has 0 amide bonds. The third-order valence-corrected chi connectivity index (χ3v) is 0.854. The van der Waals surface area contributed by atoms with Gasteiger partial charge in [0.15, 0.2) is 0 Å². The van der Waals surface area contributed by atoms with Crippen molar-refractivity contribution >= 4 is 23.0 Å². The van der Waals surface area contributed by atoms with E-state index in [-0.39, 0.29) is 6.15 Å². The Balaban J connectivity index is -0.0000000710. The van der Waals surface area contributed by atoms with Crippen molar-refractivity contribution in [3.8, 4) is 5.40 Å². The van der Waals surface area contributed by atoms with E-state index in [2.05, 4.69) is 31.8 Å². The molecule has 6 N–H and O–H groups in total. The summed E-state index contributed by atoms with van der Waals surface area (Å²) < 4.78 is 31.6. The van der Waals surface area contributed by atoms with E-state index in [0.717, 1.165) is 0 Å². The van der Waals surface area contributed by atoms with Crippen molar-refractivity contribution in [1.82, 2.24) is 11.5 Å². The summed E-state index contributed by atoms with van der Waals surface area (Å²) in [6, 6.07) is 0. The molecule has 0 radical (unpaired) electrons. The molecule has 0 aliphatic rings. The average Bonchev–Trinajstić information content (AvgIpc) is 2.04. The minimum atomic E-state index is -4.67. The molecule has 16 heavy (non-hydrogen) atoms. The fourth-order valence-electron chi connectivity index (χ4n) is 0.479. The van der Waals surface area contributed by atoms with Gasteiger partial charge >= 0.3 is 10.4 Å². The third kappa shape index (κ3) is 165. The van der Waals surface area contributed by atoms with Gasteiger partial charge in [-0.05, 0) is 25.9 Å². The number of nitriles is 1. The van der Waals surface area contributed by atoms with Crippen LogP contribution in [0.5, 0.6) is 0 Å². The molecule has 9 heteroatoms. The molecule has 0 spiro atoms. The number of thiocyanates is 1. The molecule has 0 saturated heterocycles. The Hall–Kier alpha value is -0.370. The monoisotopic (exact) mass is 275 g/mol. The van der Waals surface area contributed by atoms with Crippen LogP contribution >= 0.6 is 12.6 Å². The van der Waals surface area contributed by atoms with E-state index in [9.17, 15) is 0 Å². The molecule has 0 aliphatic carbocycles. The van der Waals surface area contributed by atoms with Crippen molar-refractivity contribution in [2.45, 2.75) is 26.7 Å². The summed E-state index contributed by atoms with van der Waals surface area (Å²) in [5.74, 6) is 0. The number of hydrogen-bond acceptors (Lipinski definition) is 6. The first kappa shape index (κ1) is 24.7. The Morgan fingerprint density at radius 1 is 1.25 bits per heavy atom. The van der Waals surface area contributed by atoms with Gasteiger partial charge in [0.2, 0.25) is 0 Å². The number of nitrogens with zero attached hydrogens (tertiary/aromatic N) is 1. The minimum Gasteiger partial charge on any atom is -0.344 e. The van der Waals surface area contributed by atoms with E-state index in [4.69, 9.17) is 22.8 Å². The fourth-order valence-corrected chi connectivity index (χ4v) is 0.479. The van der Waals surface area contributed by atoms with Gasteiger partial charge in [-0.3, -0.25) is 9.11 Å². The third-order valence-electron chi connectivity index (χ3n) is 0.854. The highest BCUT2D eigenvalue weighted by molar-refractivity contribution is 7.85. The van der Waals surface area contributed by atoms with E-state index >= 15 is 0 Å². The minimum absolute atomic E-state index is 0. The van der Waals surface area contributed by atoms with Gasteiger partial charge < -0.3 is 11.5 Å². The van der Waals surface area contributed by atoms with Gasteiger partial charge in [0, 0.05) is 0 Å². The SMILES string of the molecule is CCCNCCC.N.N#CS.O=S(=O)(O)O. The van der Waals surface area contributed by atoms with Gasteiger partial charge in [0.1, 0.15) is 5.40 Å². The first-order valence-corrected chi connectivity index (χ1v) is 6.11. The maximum Gasteiger partial charge on any atom is 0.394 e. The zero-order valence-electron chi connectivity index (χ0n) is 9.55. The van der Waals surface area contributed by atoms with Crippen molar-refractivity contribution in [2.24, 2.45) is 0 Å². The van der Waals surface area contributed by atoms with E-state index in [1.54, 1.807) is 0 Å². The summed E-state index contributed by atoms with van der Waals surface area (Å²) in [6.45, 7) is 6.72. The quantitative estimate of drug-likeness (QED) is 0.225. The normalized spacial score (nSPS) is 8.25. The van der Waals surface area contributed by atoms with Crippen LogP contribution in [0.15, 0.2) is 0 Å². The number of hydrogen-bond donors (Lipinski definition) is 5. The predicted molar refractivity (Wildman–Crippen MR) is 67.3 cm³/mol. The second-order valence-electron chi connectivity index (χ2n) is 2.30. The summed E-state index contributed by atoms with van der Waals surface area (Å²) in [7, 11) is -4.67. The molecular formula is C7H21N3O4S2. The standard InChI is InChI=1S/C6H15N.CHNS.H3N.H2O4S/c1-3-5-7-6-4-2;2-1-3;;1-5(2,3)4/h7H,3-6H2,1-2H3;3H;1H3;(H2,1,2,3,4). The lowest BCUT2D eigenvalue weighted by molar-refractivity contribution is 0.381. The summed E-state index contributed by atoms with van der Waals surface area (Å²) in [5.41, 5.74) is 0. The van der Waals surface area contributed by atoms with Crippen LogP contribution in [0.3, 0.4) is 0 Å². The molecule has 0 heterocycles. The summed E-state index contributed by atoms with van der Waals surface area (Å²) in [6.07, 6.45) is 2.50. The Bertz CT molecular complexity index is 227. The molecule has 0 atom stereocenters. The summed E-state index contributed by atoms with van der Waals surface area (Å²) in [4.78, 5) is 0. The number of thiol groups is 1. The molecule has 0 unspecified atom stereocenters. The smallest absolute Gasteiger partial charge is 0.344 e. The van der Waals surface area contributed by atoms with E-state index in [0.29, 0.717) is 0 Å². The molecule has 0 aliphatic heterocycles. The van der Waals surface area contributed by atoms with Crippen molar-refractivity contribution in [3.05, 3.63) is 0 Å². The molecule has 100 valence electrons. The maximum atomic E-state index is 8.74. The van der Waals surface area contributed by atoms with E-state index in [1.807, 2.05) is 0 Å². The Morgan fingerprint density at radius 2 is 1.44 bits per heavy atom. The highest BCUT2D eigenvalue weighted by Crippen LogP contribution is 1.71. The molecule has 0 aromatic carbocycles. The first-order chi connectivity index (χ1) is 6.83. The Morgan fingerprint density at radius 3 is 1.56 bits per heavy atom. The Kier molecular flexibility index (Phi) is 31.1. The van der Waals surface area contributed by atoms with Gasteiger partial charge in [0.05, 0.1) is 0 Å². The highest BCUT2D eigenvalue weighted by Gasteiger charge is 1.84. The molecule has 0 rings (SSSR count). The lowest BCUT2D eigenvalue weighted by atomic mass is 10.4. The zero-order chi connectivity index (χ0) is 12.7. The second kappa shape index (κ2) is 20.1. The average molecular weight is 275 g/mol. The van der Waals surface area contributed by atoms with Crippen LogP contribution in [-0.2, 0) is 10.4 Å². The molecular weight excluding hydrogens is 254 g/mol. The van der Waals surface area contributed by atoms with Crippen molar-refractivity contribution < 1.29 is 17.5 Å². The summed E-state index contributed by atoms with van der Waals surface area (Å²) >= 11 is 3.09. The van der Waals surface area contributed by atoms with Crippen LogP contribution in [0.25, 0.3) is 0 Å². The zero-order valence-corrected chi connectivity index (χ0v) is 11.3. The van der Waals surface area contributed by atoms with Crippen molar-refractivity contribution in [3.63, 3.8) is 0 Å². The van der Waals surface area contributed by atoms with Gasteiger partial charge in [-0.2, -0.15) is 13.7 Å². The van der Waals surface area contributed by atoms with Gasteiger partial charge in [-0.25, -0.2) is 0 Å². The molecule has 7 nitrogen and oxygen atoms in total. The van der Waals surface area contributed by atoms with Crippen molar-refractivity contribution in [1.29, 1.82) is 5.26 Å². The Labute approximate surface area is 103 Å². The van der Waals surface area contributed by atoms with E-state index in [1.165, 1.54) is 31.3 Å². The van der Waals surface area contributed by atoms with Crippen LogP contribution < -0.4 is 11.5 Å². The van der Waals surface area contributed by atoms with Crippen LogP contribution in [0, 0.1) is 10.7 Å². The largest absolute Gasteiger partial charge is 0.394 e. The molecule has 0 aromatic heterocycles. The molecule has 0 bridgehead atoms. The molecule has 0 saturated carbocycles. The number of nitrogens with one attached hydrogen (secondary N) is 1. The predicted octanol–water partition coefficient (Wildman–Crippen LogP) is 1.30. The maximum absolute atomic E-state index is 8.74. The van der Waals surface area contributed by atoms with E-state index < -0.39 is 10.4 Å². The van der Waals surface area contributed by atoms with Crippen LogP contribution in [0.2, 0.25) is 0 Å². The first-order valence-electron chi connectivity index (χ1n) is 4.27. The van der Waals surface area contributed by atoms with Crippen LogP contribution in [0.1, 0.15) is 26.7 Å². The van der Waals surface area contributed by atoms with Crippen LogP contribution in [0.4, 0.5) is 0 Å². The van der Waals surface area contributed by atoms with Crippen molar-refractivity contribution in [2.75, 3.05) is 13.1 Å². The van der Waals surface area contributed by atoms with Crippen LogP contribution in [-0.4, -0.2) is 30.6 Å². The topological polar surface area (TPSA) is 145 Å². The second-order valence-corrected chi connectivity index (χ2v) is 3.39. The molecule has 0 fully saturated rings. The van der Waals surface area contributed by atoms with Gasteiger partial charge in [-0.1, -0.05) is 26.5 Å². The number of rotatable bonds is 4. The van der Waals surface area contributed by atoms with Gasteiger partial charge in [-0.15, -0.1) is 0 Å². The fraction of sp³-hybridized carbons (Fsp3) is 0.857. The lowest BCUT2D eigenvalue weighted by Crippen LogP contribution is -2.14. The summed E-state index contributed by atoms with van der Waals surface area (Å²) in [5, 5.41) is 11.9.